The second-order valence-electron chi connectivity index (χ2n) is 9.11. The number of anilines is 2. The molecule has 8 heteroatoms. The Kier molecular flexibility index (Phi) is 5.52. The molecule has 2 fully saturated rings. The Bertz CT molecular complexity index is 1270. The number of hydrogen-bond donors (Lipinski definition) is 1. The average molecular weight is 479 g/mol. The van der Waals surface area contributed by atoms with Gasteiger partial charge < -0.3 is 10.1 Å². The SMILES string of the molecule is CC1=C[C@H]2C[C@H]1[C@H]1C(=O)N(c3cccc(C(=O)OCC(=O)Nc4cc(Cl)ccc4C)c3)C(=O)[C@H]12. The molecule has 2 aromatic rings. The highest BCUT2D eigenvalue weighted by molar-refractivity contribution is 6.31. The fourth-order valence-electron chi connectivity index (χ4n) is 5.43. The van der Waals surface area contributed by atoms with Crippen LogP contribution in [0.15, 0.2) is 54.1 Å². The highest BCUT2D eigenvalue weighted by atomic mass is 35.5. The number of nitrogens with one attached hydrogen (secondary N) is 1. The third-order valence-corrected chi connectivity index (χ3v) is 7.26. The molecule has 3 aliphatic rings. The monoisotopic (exact) mass is 478 g/mol. The van der Waals surface area contributed by atoms with Crippen molar-refractivity contribution in [3.63, 3.8) is 0 Å². The predicted molar refractivity (Wildman–Crippen MR) is 126 cm³/mol. The van der Waals surface area contributed by atoms with Crippen molar-refractivity contribution in [2.45, 2.75) is 20.3 Å². The molecule has 4 atom stereocenters. The first-order valence-corrected chi connectivity index (χ1v) is 11.5. The molecule has 174 valence electrons. The highest BCUT2D eigenvalue weighted by Gasteiger charge is 2.60. The molecule has 0 radical (unpaired) electrons. The number of aryl methyl sites for hydroxylation is 1. The molecule has 2 bridgehead atoms. The molecule has 3 amide bonds. The van der Waals surface area contributed by atoms with Gasteiger partial charge in [-0.3, -0.25) is 14.4 Å². The van der Waals surface area contributed by atoms with Gasteiger partial charge in [0.15, 0.2) is 6.61 Å². The van der Waals surface area contributed by atoms with Crippen LogP contribution in [0.1, 0.15) is 29.3 Å². The number of rotatable bonds is 5. The number of imide groups is 1. The Morgan fingerprint density at radius 2 is 1.85 bits per heavy atom. The van der Waals surface area contributed by atoms with E-state index in [-0.39, 0.29) is 41.0 Å². The van der Waals surface area contributed by atoms with E-state index in [0.29, 0.717) is 16.4 Å². The summed E-state index contributed by atoms with van der Waals surface area (Å²) in [5.74, 6) is -2.09. The van der Waals surface area contributed by atoms with Crippen molar-refractivity contribution in [1.29, 1.82) is 0 Å². The van der Waals surface area contributed by atoms with E-state index < -0.39 is 18.5 Å². The van der Waals surface area contributed by atoms with Crippen LogP contribution in [0.3, 0.4) is 0 Å². The van der Waals surface area contributed by atoms with E-state index >= 15 is 0 Å². The fraction of sp³-hybridized carbons (Fsp3) is 0.308. The number of halogens is 1. The predicted octanol–water partition coefficient (Wildman–Crippen LogP) is 4.15. The van der Waals surface area contributed by atoms with Crippen molar-refractivity contribution in [2.24, 2.45) is 23.7 Å². The first-order chi connectivity index (χ1) is 16.2. The van der Waals surface area contributed by atoms with Gasteiger partial charge in [-0.25, -0.2) is 9.69 Å². The second kappa shape index (κ2) is 8.40. The molecule has 0 spiro atoms. The molecule has 5 rings (SSSR count). The largest absolute Gasteiger partial charge is 0.452 e. The van der Waals surface area contributed by atoms with Gasteiger partial charge in [0.25, 0.3) is 5.91 Å². The lowest BCUT2D eigenvalue weighted by atomic mass is 9.82. The smallest absolute Gasteiger partial charge is 0.338 e. The lowest BCUT2D eigenvalue weighted by Gasteiger charge is -2.19. The number of hydrogen-bond acceptors (Lipinski definition) is 5. The van der Waals surface area contributed by atoms with E-state index in [0.717, 1.165) is 12.0 Å². The minimum absolute atomic E-state index is 0.103. The fourth-order valence-corrected chi connectivity index (χ4v) is 5.60. The molecule has 1 saturated carbocycles. The van der Waals surface area contributed by atoms with Crippen molar-refractivity contribution in [3.8, 4) is 0 Å². The Labute approximate surface area is 201 Å². The van der Waals surface area contributed by atoms with Crippen LogP contribution < -0.4 is 10.2 Å². The van der Waals surface area contributed by atoms with Crippen molar-refractivity contribution in [3.05, 3.63) is 70.3 Å². The summed E-state index contributed by atoms with van der Waals surface area (Å²) in [7, 11) is 0. The second-order valence-corrected chi connectivity index (χ2v) is 9.55. The minimum atomic E-state index is -0.725. The van der Waals surface area contributed by atoms with Gasteiger partial charge in [-0.1, -0.05) is 35.4 Å². The molecule has 1 saturated heterocycles. The van der Waals surface area contributed by atoms with E-state index in [9.17, 15) is 19.2 Å². The molecule has 1 aliphatic heterocycles. The molecule has 2 aliphatic carbocycles. The van der Waals surface area contributed by atoms with Crippen LogP contribution in [0, 0.1) is 30.6 Å². The minimum Gasteiger partial charge on any atom is -0.452 e. The van der Waals surface area contributed by atoms with E-state index in [2.05, 4.69) is 11.4 Å². The maximum atomic E-state index is 13.2. The molecular formula is C26H23ClN2O5. The number of nitrogens with zero attached hydrogens (tertiary/aromatic N) is 1. The third kappa shape index (κ3) is 3.70. The number of fused-ring (bicyclic) bond motifs is 5. The average Bonchev–Trinajstić information content (AvgIpc) is 3.45. The summed E-state index contributed by atoms with van der Waals surface area (Å²) in [5.41, 5.74) is 3.03. The first-order valence-electron chi connectivity index (χ1n) is 11.1. The normalized spacial score (nSPS) is 24.8. The molecule has 1 N–H and O–H groups in total. The van der Waals surface area contributed by atoms with Crippen molar-refractivity contribution in [2.75, 3.05) is 16.8 Å². The summed E-state index contributed by atoms with van der Waals surface area (Å²) >= 11 is 5.96. The zero-order valence-corrected chi connectivity index (χ0v) is 19.5. The van der Waals surface area contributed by atoms with E-state index in [4.69, 9.17) is 16.3 Å². The number of ether oxygens (including phenoxy) is 1. The van der Waals surface area contributed by atoms with E-state index in [1.54, 1.807) is 30.3 Å². The standard InChI is InChI=1S/C26H23ClN2O5/c1-13-6-7-17(27)11-20(13)28-21(30)12-34-26(33)15-4-3-5-18(9-15)29-24(31)22-16-8-14(2)19(10-16)23(22)25(29)32/h3-9,11,16,19,22-23H,10,12H2,1-2H3,(H,28,30)/t16-,19+,22-,23+/m0/s1. The Balaban J connectivity index is 1.26. The lowest BCUT2D eigenvalue weighted by Crippen LogP contribution is -2.33. The van der Waals surface area contributed by atoms with E-state index in [1.807, 2.05) is 13.8 Å². The van der Waals surface area contributed by atoms with Gasteiger partial charge >= 0.3 is 5.97 Å². The molecule has 1 heterocycles. The zero-order valence-electron chi connectivity index (χ0n) is 18.7. The summed E-state index contributed by atoms with van der Waals surface area (Å²) in [4.78, 5) is 52.3. The quantitative estimate of drug-likeness (QED) is 0.396. The molecule has 0 unspecified atom stereocenters. The molecular weight excluding hydrogens is 456 g/mol. The topological polar surface area (TPSA) is 92.8 Å². The molecule has 34 heavy (non-hydrogen) atoms. The highest BCUT2D eigenvalue weighted by Crippen LogP contribution is 2.55. The zero-order chi connectivity index (χ0) is 24.1. The maximum absolute atomic E-state index is 13.2. The van der Waals surface area contributed by atoms with Gasteiger partial charge in [0.1, 0.15) is 0 Å². The van der Waals surface area contributed by atoms with Gasteiger partial charge in [0.2, 0.25) is 11.8 Å². The molecule has 0 aromatic heterocycles. The van der Waals surface area contributed by atoms with Crippen LogP contribution in [0.25, 0.3) is 0 Å². The number of amides is 3. The van der Waals surface area contributed by atoms with Crippen LogP contribution in [-0.4, -0.2) is 30.3 Å². The molecule has 7 nitrogen and oxygen atoms in total. The number of allylic oxidation sites excluding steroid dienone is 2. The summed E-state index contributed by atoms with van der Waals surface area (Å²) in [6.07, 6.45) is 2.97. The van der Waals surface area contributed by atoms with Gasteiger partial charge in [0.05, 0.1) is 23.1 Å². The number of carbonyl (C=O) groups excluding carboxylic acids is 4. The summed E-state index contributed by atoms with van der Waals surface area (Å²) in [6, 6.07) is 11.3. The maximum Gasteiger partial charge on any atom is 0.338 e. The Morgan fingerprint density at radius 3 is 2.65 bits per heavy atom. The van der Waals surface area contributed by atoms with Gasteiger partial charge in [-0.05, 0) is 68.0 Å². The van der Waals surface area contributed by atoms with Crippen molar-refractivity contribution in [1.82, 2.24) is 0 Å². The van der Waals surface area contributed by atoms with Crippen LogP contribution in [0.5, 0.6) is 0 Å². The van der Waals surface area contributed by atoms with Gasteiger partial charge in [-0.15, -0.1) is 0 Å². The van der Waals surface area contributed by atoms with Crippen molar-refractivity contribution < 1.29 is 23.9 Å². The summed E-state index contributed by atoms with van der Waals surface area (Å²) in [5, 5.41) is 3.14. The van der Waals surface area contributed by atoms with Crippen molar-refractivity contribution >= 4 is 46.7 Å². The number of benzene rings is 2. The lowest BCUT2D eigenvalue weighted by molar-refractivity contribution is -0.123. The number of esters is 1. The molecule has 2 aromatic carbocycles. The summed E-state index contributed by atoms with van der Waals surface area (Å²) < 4.78 is 5.16. The summed E-state index contributed by atoms with van der Waals surface area (Å²) in [6.45, 7) is 3.35. The van der Waals surface area contributed by atoms with Crippen LogP contribution >= 0.6 is 11.6 Å². The van der Waals surface area contributed by atoms with Gasteiger partial charge in [-0.2, -0.15) is 0 Å². The van der Waals surface area contributed by atoms with Crippen LogP contribution in [0.4, 0.5) is 11.4 Å². The number of carbonyl (C=O) groups is 4. The first kappa shape index (κ1) is 22.3. The third-order valence-electron chi connectivity index (χ3n) is 7.03. The van der Waals surface area contributed by atoms with E-state index in [1.165, 1.54) is 22.6 Å². The Hall–Kier alpha value is -3.45. The van der Waals surface area contributed by atoms with Crippen LogP contribution in [-0.2, 0) is 19.1 Å². The Morgan fingerprint density at radius 1 is 1.09 bits per heavy atom. The van der Waals surface area contributed by atoms with Crippen LogP contribution in [0.2, 0.25) is 5.02 Å². The van der Waals surface area contributed by atoms with Gasteiger partial charge in [0, 0.05) is 10.7 Å².